The molecule has 0 aromatic heterocycles. The molecule has 3 heteroatoms. The van der Waals surface area contributed by atoms with E-state index in [4.69, 9.17) is 5.11 Å². The molecule has 3 nitrogen and oxygen atoms in total. The number of amides is 1. The average molecular weight is 235 g/mol. The second kappa shape index (κ2) is 7.07. The smallest absolute Gasteiger partial charge is 0.223 e. The Balaban J connectivity index is 2.46. The molecular formula is C14H21NO2. The molecule has 0 aliphatic carbocycles. The summed E-state index contributed by atoms with van der Waals surface area (Å²) in [5, 5.41) is 11.9. The molecule has 0 saturated carbocycles. The Kier molecular flexibility index (Phi) is 5.70. The topological polar surface area (TPSA) is 49.3 Å². The van der Waals surface area contributed by atoms with Crippen molar-refractivity contribution in [2.24, 2.45) is 5.92 Å². The van der Waals surface area contributed by atoms with Gasteiger partial charge in [0.15, 0.2) is 0 Å². The van der Waals surface area contributed by atoms with Crippen LogP contribution in [0.4, 0.5) is 0 Å². The fourth-order valence-electron chi connectivity index (χ4n) is 1.77. The molecule has 17 heavy (non-hydrogen) atoms. The Morgan fingerprint density at radius 2 is 2.12 bits per heavy atom. The summed E-state index contributed by atoms with van der Waals surface area (Å²) in [5.74, 6) is 0.169. The Morgan fingerprint density at radius 3 is 2.76 bits per heavy atom. The van der Waals surface area contributed by atoms with Crippen LogP contribution in [-0.4, -0.2) is 11.0 Å². The molecule has 2 N–H and O–H groups in total. The van der Waals surface area contributed by atoms with Crippen LogP contribution in [0.25, 0.3) is 0 Å². The lowest BCUT2D eigenvalue weighted by Crippen LogP contribution is -2.28. The van der Waals surface area contributed by atoms with E-state index in [2.05, 4.69) is 12.2 Å². The first-order valence-electron chi connectivity index (χ1n) is 6.13. The van der Waals surface area contributed by atoms with Gasteiger partial charge in [-0.2, -0.15) is 0 Å². The highest BCUT2D eigenvalue weighted by Crippen LogP contribution is 2.07. The van der Waals surface area contributed by atoms with Gasteiger partial charge in [-0.05, 0) is 17.5 Å². The minimum Gasteiger partial charge on any atom is -0.392 e. The molecule has 0 spiro atoms. The normalized spacial score (nSPS) is 12.2. The highest BCUT2D eigenvalue weighted by molar-refractivity contribution is 5.78. The highest BCUT2D eigenvalue weighted by atomic mass is 16.3. The molecule has 0 aliphatic rings. The number of rotatable bonds is 6. The number of aliphatic hydroxyl groups excluding tert-OH is 1. The predicted molar refractivity (Wildman–Crippen MR) is 68.3 cm³/mol. The van der Waals surface area contributed by atoms with E-state index < -0.39 is 0 Å². The number of hydrogen-bond donors (Lipinski definition) is 2. The Hall–Kier alpha value is -1.35. The summed E-state index contributed by atoms with van der Waals surface area (Å²) in [6.45, 7) is 4.59. The highest BCUT2D eigenvalue weighted by Gasteiger charge is 2.10. The fraction of sp³-hybridized carbons (Fsp3) is 0.500. The molecule has 0 aliphatic heterocycles. The van der Waals surface area contributed by atoms with Crippen molar-refractivity contribution in [3.63, 3.8) is 0 Å². The number of carbonyl (C=O) groups is 1. The van der Waals surface area contributed by atoms with E-state index in [0.717, 1.165) is 24.0 Å². The van der Waals surface area contributed by atoms with Crippen LogP contribution in [0, 0.1) is 5.92 Å². The standard InChI is InChI=1S/C14H21NO2/c1-3-5-11(2)14(17)15-9-12-6-4-7-13(8-12)10-16/h4,6-8,11,16H,3,5,9-10H2,1-2H3,(H,15,17). The molecule has 0 radical (unpaired) electrons. The lowest BCUT2D eigenvalue weighted by atomic mass is 10.1. The van der Waals surface area contributed by atoms with Crippen molar-refractivity contribution < 1.29 is 9.90 Å². The fourth-order valence-corrected chi connectivity index (χ4v) is 1.77. The van der Waals surface area contributed by atoms with Crippen LogP contribution < -0.4 is 5.32 Å². The van der Waals surface area contributed by atoms with Crippen molar-refractivity contribution in [3.05, 3.63) is 35.4 Å². The monoisotopic (exact) mass is 235 g/mol. The van der Waals surface area contributed by atoms with Crippen LogP contribution in [-0.2, 0) is 17.9 Å². The van der Waals surface area contributed by atoms with E-state index in [1.54, 1.807) is 0 Å². The van der Waals surface area contributed by atoms with E-state index in [9.17, 15) is 4.79 Å². The van der Waals surface area contributed by atoms with E-state index in [1.807, 2.05) is 31.2 Å². The molecular weight excluding hydrogens is 214 g/mol. The zero-order valence-electron chi connectivity index (χ0n) is 10.6. The number of nitrogens with one attached hydrogen (secondary N) is 1. The third-order valence-corrected chi connectivity index (χ3v) is 2.81. The summed E-state index contributed by atoms with van der Waals surface area (Å²) in [7, 11) is 0. The number of benzene rings is 1. The zero-order valence-corrected chi connectivity index (χ0v) is 10.6. The van der Waals surface area contributed by atoms with Crippen LogP contribution in [0.2, 0.25) is 0 Å². The lowest BCUT2D eigenvalue weighted by molar-refractivity contribution is -0.124. The van der Waals surface area contributed by atoms with Gasteiger partial charge in [-0.3, -0.25) is 4.79 Å². The van der Waals surface area contributed by atoms with Crippen LogP contribution in [0.3, 0.4) is 0 Å². The van der Waals surface area contributed by atoms with Crippen LogP contribution in [0.15, 0.2) is 24.3 Å². The van der Waals surface area contributed by atoms with Gasteiger partial charge in [-0.15, -0.1) is 0 Å². The first-order valence-corrected chi connectivity index (χ1v) is 6.13. The van der Waals surface area contributed by atoms with Crippen molar-refractivity contribution in [1.82, 2.24) is 5.32 Å². The zero-order chi connectivity index (χ0) is 12.7. The molecule has 0 heterocycles. The maximum Gasteiger partial charge on any atom is 0.223 e. The minimum atomic E-state index is 0.0357. The van der Waals surface area contributed by atoms with Gasteiger partial charge in [0.2, 0.25) is 5.91 Å². The molecule has 1 amide bonds. The predicted octanol–water partition coefficient (Wildman–Crippen LogP) is 2.23. The van der Waals surface area contributed by atoms with Crippen molar-refractivity contribution in [1.29, 1.82) is 0 Å². The van der Waals surface area contributed by atoms with Gasteiger partial charge >= 0.3 is 0 Å². The Labute approximate surface area is 103 Å². The van der Waals surface area contributed by atoms with Crippen LogP contribution in [0.5, 0.6) is 0 Å². The molecule has 0 fully saturated rings. The maximum absolute atomic E-state index is 11.7. The summed E-state index contributed by atoms with van der Waals surface area (Å²) in [5.41, 5.74) is 1.90. The van der Waals surface area contributed by atoms with E-state index in [-0.39, 0.29) is 18.4 Å². The van der Waals surface area contributed by atoms with Crippen molar-refractivity contribution in [3.8, 4) is 0 Å². The van der Waals surface area contributed by atoms with Gasteiger partial charge in [0.05, 0.1) is 6.61 Å². The molecule has 1 aromatic rings. The van der Waals surface area contributed by atoms with Gasteiger partial charge in [-0.1, -0.05) is 44.5 Å². The molecule has 94 valence electrons. The quantitative estimate of drug-likeness (QED) is 0.794. The number of carbonyl (C=O) groups excluding carboxylic acids is 1. The summed E-state index contributed by atoms with van der Waals surface area (Å²) in [4.78, 5) is 11.7. The SMILES string of the molecule is CCCC(C)C(=O)NCc1cccc(CO)c1. The number of hydrogen-bond acceptors (Lipinski definition) is 2. The molecule has 0 saturated heterocycles. The van der Waals surface area contributed by atoms with Gasteiger partial charge in [0.1, 0.15) is 0 Å². The van der Waals surface area contributed by atoms with E-state index in [0.29, 0.717) is 6.54 Å². The van der Waals surface area contributed by atoms with Crippen molar-refractivity contribution in [2.75, 3.05) is 0 Å². The first-order chi connectivity index (χ1) is 8.17. The maximum atomic E-state index is 11.7. The van der Waals surface area contributed by atoms with Crippen LogP contribution in [0.1, 0.15) is 37.8 Å². The van der Waals surface area contributed by atoms with E-state index >= 15 is 0 Å². The van der Waals surface area contributed by atoms with E-state index in [1.165, 1.54) is 0 Å². The van der Waals surface area contributed by atoms with Crippen LogP contribution >= 0.6 is 0 Å². The molecule has 1 rings (SSSR count). The number of aliphatic hydroxyl groups is 1. The molecule has 1 unspecified atom stereocenters. The van der Waals surface area contributed by atoms with Gasteiger partial charge in [-0.25, -0.2) is 0 Å². The molecule has 0 bridgehead atoms. The van der Waals surface area contributed by atoms with Gasteiger partial charge in [0, 0.05) is 12.5 Å². The first kappa shape index (κ1) is 13.7. The van der Waals surface area contributed by atoms with Gasteiger partial charge in [0.25, 0.3) is 0 Å². The summed E-state index contributed by atoms with van der Waals surface area (Å²) < 4.78 is 0. The second-order valence-corrected chi connectivity index (χ2v) is 4.39. The summed E-state index contributed by atoms with van der Waals surface area (Å²) in [6.07, 6.45) is 1.94. The van der Waals surface area contributed by atoms with Crippen molar-refractivity contribution in [2.45, 2.75) is 39.8 Å². The average Bonchev–Trinajstić information content (AvgIpc) is 2.36. The summed E-state index contributed by atoms with van der Waals surface area (Å²) in [6, 6.07) is 7.61. The Bertz CT molecular complexity index is 363. The lowest BCUT2D eigenvalue weighted by Gasteiger charge is -2.11. The third-order valence-electron chi connectivity index (χ3n) is 2.81. The molecule has 1 atom stereocenters. The largest absolute Gasteiger partial charge is 0.392 e. The third kappa shape index (κ3) is 4.57. The summed E-state index contributed by atoms with van der Waals surface area (Å²) >= 11 is 0. The minimum absolute atomic E-state index is 0.0357. The van der Waals surface area contributed by atoms with Crippen molar-refractivity contribution >= 4 is 5.91 Å². The van der Waals surface area contributed by atoms with Gasteiger partial charge < -0.3 is 10.4 Å². The second-order valence-electron chi connectivity index (χ2n) is 4.39. The molecule has 1 aromatic carbocycles. The Morgan fingerprint density at radius 1 is 1.41 bits per heavy atom.